The number of halogens is 1. The second-order valence-electron chi connectivity index (χ2n) is 7.10. The molecule has 2 aromatic carbocycles. The van der Waals surface area contributed by atoms with Gasteiger partial charge in [0.25, 0.3) is 0 Å². The lowest BCUT2D eigenvalue weighted by molar-refractivity contribution is -0.138. The number of carbonyl (C=O) groups is 2. The highest BCUT2D eigenvalue weighted by Crippen LogP contribution is 2.18. The SMILES string of the molecule is CCCNC(=O)[C@@H](C)N(Cc1ccc(Cl)cc1)C(=O)CSCc1cccc(C)c1. The number of benzene rings is 2. The smallest absolute Gasteiger partial charge is 0.242 e. The maximum absolute atomic E-state index is 13.0. The molecule has 0 fully saturated rings. The van der Waals surface area contributed by atoms with Crippen molar-refractivity contribution in [1.29, 1.82) is 0 Å². The second-order valence-corrected chi connectivity index (χ2v) is 8.52. The fourth-order valence-corrected chi connectivity index (χ4v) is 3.89. The van der Waals surface area contributed by atoms with Gasteiger partial charge in [0, 0.05) is 23.9 Å². The lowest BCUT2D eigenvalue weighted by atomic mass is 10.1. The number of rotatable bonds is 10. The van der Waals surface area contributed by atoms with Crippen LogP contribution in [-0.4, -0.2) is 35.1 Å². The summed E-state index contributed by atoms with van der Waals surface area (Å²) in [6.07, 6.45) is 0.857. The third kappa shape index (κ3) is 7.75. The Balaban J connectivity index is 2.04. The molecule has 6 heteroatoms. The van der Waals surface area contributed by atoms with Crippen LogP contribution in [0.2, 0.25) is 5.02 Å². The zero-order valence-electron chi connectivity index (χ0n) is 17.3. The van der Waals surface area contributed by atoms with Crippen LogP contribution in [0, 0.1) is 6.92 Å². The van der Waals surface area contributed by atoms with Gasteiger partial charge in [0.2, 0.25) is 11.8 Å². The van der Waals surface area contributed by atoms with Crippen LogP contribution < -0.4 is 5.32 Å². The molecule has 0 saturated heterocycles. The van der Waals surface area contributed by atoms with Crippen molar-refractivity contribution in [1.82, 2.24) is 10.2 Å². The van der Waals surface area contributed by atoms with E-state index >= 15 is 0 Å². The number of hydrogen-bond donors (Lipinski definition) is 1. The molecule has 0 heterocycles. The topological polar surface area (TPSA) is 49.4 Å². The molecule has 1 atom stereocenters. The van der Waals surface area contributed by atoms with E-state index in [2.05, 4.69) is 30.4 Å². The van der Waals surface area contributed by atoms with Crippen LogP contribution in [-0.2, 0) is 21.9 Å². The van der Waals surface area contributed by atoms with Gasteiger partial charge in [-0.05, 0) is 43.5 Å². The Kier molecular flexibility index (Phi) is 9.55. The van der Waals surface area contributed by atoms with Crippen LogP contribution in [0.15, 0.2) is 48.5 Å². The van der Waals surface area contributed by atoms with Crippen LogP contribution in [0.5, 0.6) is 0 Å². The average Bonchev–Trinajstić information content (AvgIpc) is 2.71. The van der Waals surface area contributed by atoms with Crippen LogP contribution in [0.3, 0.4) is 0 Å². The quantitative estimate of drug-likeness (QED) is 0.585. The summed E-state index contributed by atoms with van der Waals surface area (Å²) in [4.78, 5) is 27.1. The summed E-state index contributed by atoms with van der Waals surface area (Å²) in [5, 5.41) is 3.54. The van der Waals surface area contributed by atoms with Gasteiger partial charge < -0.3 is 10.2 Å². The van der Waals surface area contributed by atoms with Gasteiger partial charge in [-0.1, -0.05) is 60.5 Å². The highest BCUT2D eigenvalue weighted by Gasteiger charge is 2.25. The predicted octanol–water partition coefficient (Wildman–Crippen LogP) is 4.83. The Labute approximate surface area is 183 Å². The Morgan fingerprint density at radius 1 is 1.14 bits per heavy atom. The summed E-state index contributed by atoms with van der Waals surface area (Å²) < 4.78 is 0. The van der Waals surface area contributed by atoms with Gasteiger partial charge in [-0.15, -0.1) is 11.8 Å². The zero-order chi connectivity index (χ0) is 21.2. The van der Waals surface area contributed by atoms with Crippen molar-refractivity contribution in [3.63, 3.8) is 0 Å². The molecule has 2 aromatic rings. The van der Waals surface area contributed by atoms with Gasteiger partial charge in [-0.25, -0.2) is 0 Å². The van der Waals surface area contributed by atoms with Crippen LogP contribution in [0.1, 0.15) is 37.0 Å². The van der Waals surface area contributed by atoms with Gasteiger partial charge in [-0.2, -0.15) is 0 Å². The minimum atomic E-state index is -0.538. The molecule has 0 saturated carbocycles. The zero-order valence-corrected chi connectivity index (χ0v) is 18.9. The summed E-state index contributed by atoms with van der Waals surface area (Å²) in [5.41, 5.74) is 3.35. The molecule has 0 unspecified atom stereocenters. The Morgan fingerprint density at radius 2 is 1.86 bits per heavy atom. The third-order valence-corrected chi connectivity index (χ3v) is 5.80. The van der Waals surface area contributed by atoms with Crippen molar-refractivity contribution in [2.45, 2.75) is 45.5 Å². The lowest BCUT2D eigenvalue weighted by Gasteiger charge is -2.28. The largest absolute Gasteiger partial charge is 0.354 e. The molecule has 0 spiro atoms. The average molecular weight is 433 g/mol. The normalized spacial score (nSPS) is 11.7. The molecule has 0 aliphatic heterocycles. The Bertz CT molecular complexity index is 811. The molecule has 0 bridgehead atoms. The van der Waals surface area contributed by atoms with E-state index in [1.807, 2.05) is 25.1 Å². The number of hydrogen-bond acceptors (Lipinski definition) is 3. The van der Waals surface area contributed by atoms with E-state index in [0.29, 0.717) is 23.9 Å². The number of amides is 2. The number of carbonyl (C=O) groups excluding carboxylic acids is 2. The minimum absolute atomic E-state index is 0.0447. The Morgan fingerprint density at radius 3 is 2.52 bits per heavy atom. The summed E-state index contributed by atoms with van der Waals surface area (Å²) in [6, 6.07) is 15.1. The van der Waals surface area contributed by atoms with E-state index < -0.39 is 6.04 Å². The molecule has 156 valence electrons. The first-order valence-corrected chi connectivity index (χ1v) is 11.4. The third-order valence-electron chi connectivity index (χ3n) is 4.56. The molecule has 0 radical (unpaired) electrons. The highest BCUT2D eigenvalue weighted by atomic mass is 35.5. The van der Waals surface area contributed by atoms with E-state index in [9.17, 15) is 9.59 Å². The van der Waals surface area contributed by atoms with E-state index in [0.717, 1.165) is 17.7 Å². The van der Waals surface area contributed by atoms with E-state index in [-0.39, 0.29) is 11.8 Å². The van der Waals surface area contributed by atoms with Crippen LogP contribution in [0.25, 0.3) is 0 Å². The first-order valence-electron chi connectivity index (χ1n) is 9.85. The number of nitrogens with zero attached hydrogens (tertiary/aromatic N) is 1. The van der Waals surface area contributed by atoms with Crippen molar-refractivity contribution >= 4 is 35.2 Å². The van der Waals surface area contributed by atoms with Gasteiger partial charge in [0.05, 0.1) is 5.75 Å². The summed E-state index contributed by atoms with van der Waals surface area (Å²) in [5.74, 6) is 0.917. The summed E-state index contributed by atoms with van der Waals surface area (Å²) in [6.45, 7) is 6.83. The van der Waals surface area contributed by atoms with Crippen LogP contribution in [0.4, 0.5) is 0 Å². The molecule has 4 nitrogen and oxygen atoms in total. The number of nitrogens with one attached hydrogen (secondary N) is 1. The Hall–Kier alpha value is -1.98. The molecular formula is C23H29ClN2O2S. The molecule has 0 aliphatic rings. The van der Waals surface area contributed by atoms with E-state index in [1.54, 1.807) is 35.7 Å². The van der Waals surface area contributed by atoms with Gasteiger partial charge in [-0.3, -0.25) is 9.59 Å². The minimum Gasteiger partial charge on any atom is -0.354 e. The molecule has 2 amide bonds. The van der Waals surface area contributed by atoms with Crippen molar-refractivity contribution in [3.8, 4) is 0 Å². The summed E-state index contributed by atoms with van der Waals surface area (Å²) in [7, 11) is 0. The number of thioether (sulfide) groups is 1. The maximum Gasteiger partial charge on any atom is 0.242 e. The molecule has 0 aromatic heterocycles. The van der Waals surface area contributed by atoms with Crippen molar-refractivity contribution < 1.29 is 9.59 Å². The van der Waals surface area contributed by atoms with Gasteiger partial charge in [0.15, 0.2) is 0 Å². The molecule has 0 aliphatic carbocycles. The summed E-state index contributed by atoms with van der Waals surface area (Å²) >= 11 is 7.54. The highest BCUT2D eigenvalue weighted by molar-refractivity contribution is 7.99. The first-order chi connectivity index (χ1) is 13.9. The van der Waals surface area contributed by atoms with E-state index in [1.165, 1.54) is 11.1 Å². The molecule has 2 rings (SSSR count). The fraction of sp³-hybridized carbons (Fsp3) is 0.391. The van der Waals surface area contributed by atoms with E-state index in [4.69, 9.17) is 11.6 Å². The van der Waals surface area contributed by atoms with Crippen molar-refractivity contribution in [3.05, 3.63) is 70.2 Å². The lowest BCUT2D eigenvalue weighted by Crippen LogP contribution is -2.48. The van der Waals surface area contributed by atoms with Crippen molar-refractivity contribution in [2.24, 2.45) is 0 Å². The van der Waals surface area contributed by atoms with Gasteiger partial charge in [0.1, 0.15) is 6.04 Å². The fourth-order valence-electron chi connectivity index (χ4n) is 2.91. The monoisotopic (exact) mass is 432 g/mol. The first kappa shape index (κ1) is 23.3. The number of aryl methyl sites for hydroxylation is 1. The molecule has 29 heavy (non-hydrogen) atoms. The van der Waals surface area contributed by atoms with Crippen molar-refractivity contribution in [2.75, 3.05) is 12.3 Å². The van der Waals surface area contributed by atoms with Gasteiger partial charge >= 0.3 is 0 Å². The van der Waals surface area contributed by atoms with Crippen LogP contribution >= 0.6 is 23.4 Å². The predicted molar refractivity (Wildman–Crippen MR) is 122 cm³/mol. The second kappa shape index (κ2) is 11.9. The molecule has 1 N–H and O–H groups in total. The standard InChI is InChI=1S/C23H29ClN2O2S/c1-4-12-25-23(28)18(3)26(14-19-8-10-21(24)11-9-19)22(27)16-29-15-20-7-5-6-17(2)13-20/h5-11,13,18H,4,12,14-16H2,1-3H3,(H,25,28)/t18-/m1/s1. The molecular weight excluding hydrogens is 404 g/mol. The maximum atomic E-state index is 13.0.